The van der Waals surface area contributed by atoms with Crippen LogP contribution in [0, 0.1) is 0 Å². The zero-order valence-corrected chi connectivity index (χ0v) is 17.1. The number of carbonyl (C=O) groups is 1. The molecule has 0 saturated carbocycles. The lowest BCUT2D eigenvalue weighted by Crippen LogP contribution is -2.30. The third-order valence-corrected chi connectivity index (χ3v) is 4.57. The molecule has 0 saturated heterocycles. The Kier molecular flexibility index (Phi) is 6.85. The first-order chi connectivity index (χ1) is 14.1. The number of para-hydroxylation sites is 2. The first-order valence-electron chi connectivity index (χ1n) is 9.87. The van der Waals surface area contributed by atoms with Crippen LogP contribution in [0.5, 0.6) is 5.75 Å². The molecule has 5 nitrogen and oxygen atoms in total. The summed E-state index contributed by atoms with van der Waals surface area (Å²) < 4.78 is 5.59. The summed E-state index contributed by atoms with van der Waals surface area (Å²) in [6, 6.07) is 19.8. The van der Waals surface area contributed by atoms with E-state index < -0.39 is 0 Å². The van der Waals surface area contributed by atoms with Gasteiger partial charge in [0.05, 0.1) is 29.7 Å². The van der Waals surface area contributed by atoms with Gasteiger partial charge in [0.25, 0.3) is 5.91 Å². The van der Waals surface area contributed by atoms with Gasteiger partial charge in [-0.1, -0.05) is 42.5 Å². The minimum Gasteiger partial charge on any atom is -0.492 e. The normalized spacial score (nSPS) is 10.6. The van der Waals surface area contributed by atoms with Gasteiger partial charge in [0.15, 0.2) is 0 Å². The average molecular weight is 389 g/mol. The van der Waals surface area contributed by atoms with Gasteiger partial charge in [-0.3, -0.25) is 9.78 Å². The Morgan fingerprint density at radius 2 is 1.79 bits per heavy atom. The molecular formula is C24H27N3O2. The number of hydrogen-bond acceptors (Lipinski definition) is 4. The number of amides is 1. The second-order valence-corrected chi connectivity index (χ2v) is 7.02. The predicted octanol–water partition coefficient (Wildman–Crippen LogP) is 5.15. The molecule has 29 heavy (non-hydrogen) atoms. The van der Waals surface area contributed by atoms with Crippen molar-refractivity contribution in [2.24, 2.45) is 0 Å². The zero-order chi connectivity index (χ0) is 20.6. The number of carbonyl (C=O) groups excluding carboxylic acids is 1. The summed E-state index contributed by atoms with van der Waals surface area (Å²) in [5.41, 5.74) is 3.28. The average Bonchev–Trinajstić information content (AvgIpc) is 2.74. The van der Waals surface area contributed by atoms with Crippen molar-refractivity contribution < 1.29 is 9.53 Å². The summed E-state index contributed by atoms with van der Waals surface area (Å²) >= 11 is 0. The lowest BCUT2D eigenvalue weighted by molar-refractivity contribution is 0.102. The highest BCUT2D eigenvalue weighted by atomic mass is 16.5. The molecule has 0 fully saturated rings. The van der Waals surface area contributed by atoms with E-state index in [0.29, 0.717) is 23.6 Å². The van der Waals surface area contributed by atoms with Crippen LogP contribution in [-0.2, 0) is 6.54 Å². The maximum atomic E-state index is 12.8. The van der Waals surface area contributed by atoms with Crippen LogP contribution in [-0.4, -0.2) is 23.5 Å². The van der Waals surface area contributed by atoms with Crippen molar-refractivity contribution >= 4 is 17.3 Å². The molecule has 0 spiro atoms. The SMILES string of the molecule is CCOc1ccccc1NC(=O)c1cncc(N(Cc2ccccc2)C(C)C)c1. The smallest absolute Gasteiger partial charge is 0.257 e. The summed E-state index contributed by atoms with van der Waals surface area (Å²) in [5.74, 6) is 0.440. The number of nitrogens with zero attached hydrogens (tertiary/aromatic N) is 2. The van der Waals surface area contributed by atoms with Crippen molar-refractivity contribution in [3.63, 3.8) is 0 Å². The fraction of sp³-hybridized carbons (Fsp3) is 0.250. The maximum absolute atomic E-state index is 12.8. The monoisotopic (exact) mass is 389 g/mol. The summed E-state index contributed by atoms with van der Waals surface area (Å²) in [6.45, 7) is 7.46. The Hall–Kier alpha value is -3.34. The first-order valence-corrected chi connectivity index (χ1v) is 9.87. The van der Waals surface area contributed by atoms with E-state index in [2.05, 4.69) is 41.2 Å². The minimum absolute atomic E-state index is 0.213. The van der Waals surface area contributed by atoms with Gasteiger partial charge in [0.2, 0.25) is 0 Å². The highest BCUT2D eigenvalue weighted by Gasteiger charge is 2.15. The molecule has 3 aromatic rings. The van der Waals surface area contributed by atoms with Crippen LogP contribution in [0.4, 0.5) is 11.4 Å². The fourth-order valence-electron chi connectivity index (χ4n) is 3.11. The fourth-order valence-corrected chi connectivity index (χ4v) is 3.11. The number of ether oxygens (including phenoxy) is 1. The molecule has 1 heterocycles. The van der Waals surface area contributed by atoms with Crippen molar-refractivity contribution in [2.45, 2.75) is 33.4 Å². The number of anilines is 2. The van der Waals surface area contributed by atoms with E-state index in [1.165, 1.54) is 5.56 Å². The molecular weight excluding hydrogens is 362 g/mol. The molecule has 1 aromatic heterocycles. The lowest BCUT2D eigenvalue weighted by Gasteiger charge is -2.29. The van der Waals surface area contributed by atoms with Crippen molar-refractivity contribution in [1.29, 1.82) is 0 Å². The van der Waals surface area contributed by atoms with E-state index in [1.807, 2.05) is 55.5 Å². The quantitative estimate of drug-likeness (QED) is 0.579. The maximum Gasteiger partial charge on any atom is 0.257 e. The number of rotatable bonds is 8. The molecule has 0 atom stereocenters. The van der Waals surface area contributed by atoms with Gasteiger partial charge < -0.3 is 15.0 Å². The van der Waals surface area contributed by atoms with Crippen LogP contribution in [0.15, 0.2) is 73.1 Å². The molecule has 0 aliphatic heterocycles. The lowest BCUT2D eigenvalue weighted by atomic mass is 10.1. The Morgan fingerprint density at radius 1 is 1.07 bits per heavy atom. The van der Waals surface area contributed by atoms with Gasteiger partial charge in [-0.15, -0.1) is 0 Å². The van der Waals surface area contributed by atoms with Gasteiger partial charge in [0.1, 0.15) is 5.75 Å². The second kappa shape index (κ2) is 9.73. The number of pyridine rings is 1. The van der Waals surface area contributed by atoms with Crippen LogP contribution >= 0.6 is 0 Å². The van der Waals surface area contributed by atoms with Crippen LogP contribution in [0.1, 0.15) is 36.7 Å². The summed E-state index contributed by atoms with van der Waals surface area (Å²) in [5, 5.41) is 2.93. The molecule has 1 N–H and O–H groups in total. The number of benzene rings is 2. The summed E-state index contributed by atoms with van der Waals surface area (Å²) in [6.07, 6.45) is 3.39. The van der Waals surface area contributed by atoms with E-state index in [-0.39, 0.29) is 11.9 Å². The standard InChI is InChI=1S/C24H27N3O2/c1-4-29-23-13-9-8-12-22(23)26-24(28)20-14-21(16-25-15-20)27(18(2)3)17-19-10-6-5-7-11-19/h5-16,18H,4,17H2,1-3H3,(H,26,28). The number of aromatic nitrogens is 1. The van der Waals surface area contributed by atoms with Crippen LogP contribution in [0.3, 0.4) is 0 Å². The van der Waals surface area contributed by atoms with Gasteiger partial charge in [0, 0.05) is 18.8 Å². The molecule has 1 amide bonds. The van der Waals surface area contributed by atoms with Gasteiger partial charge >= 0.3 is 0 Å². The Bertz CT molecular complexity index is 942. The molecule has 0 aliphatic rings. The third-order valence-electron chi connectivity index (χ3n) is 4.57. The number of nitrogens with one attached hydrogen (secondary N) is 1. The van der Waals surface area contributed by atoms with Crippen molar-refractivity contribution in [3.8, 4) is 5.75 Å². The molecule has 0 radical (unpaired) electrons. The van der Waals surface area contributed by atoms with Crippen molar-refractivity contribution in [3.05, 3.63) is 84.2 Å². The highest BCUT2D eigenvalue weighted by molar-refractivity contribution is 6.05. The van der Waals surface area contributed by atoms with Gasteiger partial charge in [-0.05, 0) is 44.5 Å². The number of hydrogen-bond donors (Lipinski definition) is 1. The molecule has 150 valence electrons. The van der Waals surface area contributed by atoms with E-state index in [4.69, 9.17) is 4.74 Å². The Morgan fingerprint density at radius 3 is 2.52 bits per heavy atom. The molecule has 2 aromatic carbocycles. The Labute approximate surface area is 172 Å². The van der Waals surface area contributed by atoms with E-state index in [1.54, 1.807) is 12.4 Å². The van der Waals surface area contributed by atoms with Gasteiger partial charge in [-0.2, -0.15) is 0 Å². The molecule has 0 unspecified atom stereocenters. The van der Waals surface area contributed by atoms with E-state index in [9.17, 15) is 4.79 Å². The second-order valence-electron chi connectivity index (χ2n) is 7.02. The zero-order valence-electron chi connectivity index (χ0n) is 17.1. The minimum atomic E-state index is -0.213. The largest absolute Gasteiger partial charge is 0.492 e. The topological polar surface area (TPSA) is 54.5 Å². The van der Waals surface area contributed by atoms with E-state index >= 15 is 0 Å². The molecule has 0 bridgehead atoms. The Balaban J connectivity index is 1.81. The molecule has 3 rings (SSSR count). The van der Waals surface area contributed by atoms with Crippen LogP contribution < -0.4 is 15.0 Å². The van der Waals surface area contributed by atoms with Crippen molar-refractivity contribution in [2.75, 3.05) is 16.8 Å². The predicted molar refractivity (Wildman–Crippen MR) is 118 cm³/mol. The van der Waals surface area contributed by atoms with Gasteiger partial charge in [-0.25, -0.2) is 0 Å². The summed E-state index contributed by atoms with van der Waals surface area (Å²) in [4.78, 5) is 19.4. The van der Waals surface area contributed by atoms with E-state index in [0.717, 1.165) is 12.2 Å². The van der Waals surface area contributed by atoms with Crippen LogP contribution in [0.25, 0.3) is 0 Å². The molecule has 5 heteroatoms. The molecule has 0 aliphatic carbocycles. The highest BCUT2D eigenvalue weighted by Crippen LogP contribution is 2.25. The van der Waals surface area contributed by atoms with Crippen LogP contribution in [0.2, 0.25) is 0 Å². The van der Waals surface area contributed by atoms with Crippen molar-refractivity contribution in [1.82, 2.24) is 4.98 Å². The first kappa shape index (κ1) is 20.4. The third kappa shape index (κ3) is 5.35. The summed E-state index contributed by atoms with van der Waals surface area (Å²) in [7, 11) is 0.